The van der Waals surface area contributed by atoms with Gasteiger partial charge in [0.1, 0.15) is 35.4 Å². The summed E-state index contributed by atoms with van der Waals surface area (Å²) in [4.78, 5) is 50.9. The number of nitrogens with two attached hydrogens (primary N) is 1. The predicted octanol–water partition coefficient (Wildman–Crippen LogP) is 10.3. The Balaban J connectivity index is 0.000000182. The van der Waals surface area contributed by atoms with E-state index < -0.39 is 49.2 Å². The summed E-state index contributed by atoms with van der Waals surface area (Å²) in [5.41, 5.74) is -1.34. The number of piperazine rings is 2. The maximum atomic E-state index is 13.9. The molecule has 0 bridgehead atoms. The second-order valence-corrected chi connectivity index (χ2v) is 23.9. The smallest absolute Gasteiger partial charge is 0.368 e. The van der Waals surface area contributed by atoms with Crippen molar-refractivity contribution in [3.05, 3.63) is 180 Å². The quantitative estimate of drug-likeness (QED) is 0.0695. The zero-order chi connectivity index (χ0) is 63.0. The van der Waals surface area contributed by atoms with E-state index in [4.69, 9.17) is 58.7 Å². The molecule has 2 aromatic heterocycles. The van der Waals surface area contributed by atoms with E-state index in [1.54, 1.807) is 81.0 Å². The largest absolute Gasteiger partial charge is 0.524 e. The molecule has 20 nitrogen and oxygen atoms in total. The summed E-state index contributed by atoms with van der Waals surface area (Å²) in [7, 11) is -13.7. The first-order valence-electron chi connectivity index (χ1n) is 24.9. The van der Waals surface area contributed by atoms with Crippen LogP contribution in [0.25, 0.3) is 4.85 Å². The van der Waals surface area contributed by atoms with Gasteiger partial charge in [-0.25, -0.2) is 13.5 Å². The number of carbonyl (C=O) groups is 3. The molecule has 4 N–H and O–H groups in total. The van der Waals surface area contributed by atoms with Crippen molar-refractivity contribution in [3.8, 4) is 0 Å². The Kier molecular flexibility index (Phi) is 19.0. The Hall–Kier alpha value is -7.66. The fourth-order valence-corrected chi connectivity index (χ4v) is 11.6. The summed E-state index contributed by atoms with van der Waals surface area (Å²) in [6.07, 6.45) is 0. The molecule has 6 aromatic rings. The van der Waals surface area contributed by atoms with Crippen LogP contribution in [-0.2, 0) is 33.5 Å². The summed E-state index contributed by atoms with van der Waals surface area (Å²) >= 11 is 24.9. The van der Waals surface area contributed by atoms with Gasteiger partial charge in [-0.1, -0.05) is 65.1 Å². The van der Waals surface area contributed by atoms with Crippen LogP contribution in [0, 0.1) is 18.2 Å². The van der Waals surface area contributed by atoms with Crippen LogP contribution in [0.3, 0.4) is 0 Å². The Morgan fingerprint density at radius 3 is 1.30 bits per heavy atom. The lowest BCUT2D eigenvalue weighted by atomic mass is 9.94. The molecule has 4 aliphatic heterocycles. The molecule has 456 valence electrons. The number of rotatable bonds is 9. The molecule has 2 fully saturated rings. The van der Waals surface area contributed by atoms with Crippen LogP contribution in [0.1, 0.15) is 47.5 Å². The first-order valence-corrected chi connectivity index (χ1v) is 29.3. The van der Waals surface area contributed by atoms with Gasteiger partial charge in [0.15, 0.2) is 5.69 Å². The van der Waals surface area contributed by atoms with Gasteiger partial charge in [-0.2, -0.15) is 53.0 Å². The lowest BCUT2D eigenvalue weighted by molar-refractivity contribution is -0.128. The van der Waals surface area contributed by atoms with Gasteiger partial charge in [0.05, 0.1) is 31.2 Å². The van der Waals surface area contributed by atoms with Crippen molar-refractivity contribution in [1.82, 2.24) is 29.4 Å². The Morgan fingerprint density at radius 1 is 0.581 bits per heavy atom. The van der Waals surface area contributed by atoms with E-state index in [2.05, 4.69) is 35.5 Å². The van der Waals surface area contributed by atoms with Gasteiger partial charge >= 0.3 is 31.3 Å². The third-order valence-corrected chi connectivity index (χ3v) is 17.6. The third kappa shape index (κ3) is 13.9. The summed E-state index contributed by atoms with van der Waals surface area (Å²) in [5, 5.41) is 16.8. The van der Waals surface area contributed by atoms with E-state index in [1.165, 1.54) is 24.3 Å². The number of nitrogens with one attached hydrogen (secondary N) is 2. The highest BCUT2D eigenvalue weighted by Crippen LogP contribution is 2.42. The average molecular weight is 1320 g/mol. The van der Waals surface area contributed by atoms with Crippen LogP contribution in [0.2, 0.25) is 20.1 Å². The second kappa shape index (κ2) is 25.4. The van der Waals surface area contributed by atoms with E-state index >= 15 is 0 Å². The highest BCUT2D eigenvalue weighted by molar-refractivity contribution is 8.00. The fourth-order valence-electron chi connectivity index (χ4n) is 9.42. The first kappa shape index (κ1) is 64.3. The molecule has 86 heavy (non-hydrogen) atoms. The molecular weight excluding hydrogens is 1280 g/mol. The van der Waals surface area contributed by atoms with Crippen LogP contribution in [0.15, 0.2) is 120 Å². The molecule has 10 rings (SSSR count). The van der Waals surface area contributed by atoms with Gasteiger partial charge in [0.2, 0.25) is 0 Å². The standard InChI is InChI=1S/C25H23Cl2FN6O2.C25H21Cl2FN6O.C2F6O5S2/c1-14-22(25(36)33-10-8-32(9-11-33)17-5-3-16(28)4-6-17)23(15-2-7-18(26)19(27)12-15)34-21(30-14)13-20(31-34)24(29)35;1-15-23(25(35)33-11-9-32(10-12-33)18-6-4-17(28)5-7-18)24(16-3-8-19(26)20(27)13-16)34-22(30-15)14-21(29-2)31-34;3-1(4,5)14(9,10)13-15(11,12)2(6,7)8/h2-7,12-13,23,30H,8-11H2,1H3,(H2,29,35);3-8,13-14,24,30H,9-12H2,1H3;. The number of primary amides is 1. The Labute approximate surface area is 504 Å². The number of nitrogens with zero attached hydrogens (tertiary/aromatic N) is 9. The number of alkyl halides is 6. The Bertz CT molecular complexity index is 3920. The maximum Gasteiger partial charge on any atom is 0.524 e. The first-order chi connectivity index (χ1) is 40.3. The number of halogens is 12. The van der Waals surface area contributed by atoms with Gasteiger partial charge < -0.3 is 40.8 Å². The van der Waals surface area contributed by atoms with Crippen LogP contribution < -0.4 is 26.2 Å². The molecule has 2 atom stereocenters. The number of hydrogen-bond donors (Lipinski definition) is 3. The van der Waals surface area contributed by atoms with Crippen molar-refractivity contribution in [1.29, 1.82) is 0 Å². The van der Waals surface area contributed by atoms with Crippen LogP contribution in [-0.4, -0.2) is 127 Å². The number of hydrogen-bond acceptors (Lipinski definition) is 14. The normalized spacial score (nSPS) is 17.2. The molecule has 4 aromatic carbocycles. The second-order valence-electron chi connectivity index (χ2n) is 19.0. The minimum absolute atomic E-state index is 0.0805. The molecule has 0 spiro atoms. The van der Waals surface area contributed by atoms with Gasteiger partial charge in [-0.05, 0) is 103 Å². The average Bonchev–Trinajstić information content (AvgIpc) is 1.60. The number of allylic oxidation sites excluding steroid dienone is 2. The van der Waals surface area contributed by atoms with Crippen LogP contribution >= 0.6 is 46.4 Å². The number of fused-ring (bicyclic) bond motifs is 2. The van der Waals surface area contributed by atoms with E-state index in [0.29, 0.717) is 112 Å². The summed E-state index contributed by atoms with van der Waals surface area (Å²) in [6.45, 7) is 15.5. The number of aromatic nitrogens is 4. The number of carbonyl (C=O) groups excluding carboxylic acids is 3. The summed E-state index contributed by atoms with van der Waals surface area (Å²) < 4.78 is 140. The molecule has 3 amide bonds. The van der Waals surface area contributed by atoms with Gasteiger partial charge in [0.25, 0.3) is 23.5 Å². The molecule has 4 aliphatic rings. The highest BCUT2D eigenvalue weighted by atomic mass is 35.5. The van der Waals surface area contributed by atoms with Crippen LogP contribution in [0.5, 0.6) is 0 Å². The van der Waals surface area contributed by atoms with Crippen molar-refractivity contribution in [2.24, 2.45) is 5.73 Å². The molecule has 0 radical (unpaired) electrons. The summed E-state index contributed by atoms with van der Waals surface area (Å²) in [6, 6.07) is 25.1. The number of benzene rings is 4. The van der Waals surface area contributed by atoms with Crippen molar-refractivity contribution in [3.63, 3.8) is 0 Å². The minimum Gasteiger partial charge on any atom is -0.368 e. The number of amides is 3. The molecule has 2 unspecified atom stereocenters. The molecule has 34 heteroatoms. The fraction of sp³-hybridized carbons (Fsp3) is 0.269. The van der Waals surface area contributed by atoms with Crippen molar-refractivity contribution >= 4 is 113 Å². The molecule has 0 saturated carbocycles. The van der Waals surface area contributed by atoms with E-state index in [0.717, 1.165) is 16.9 Å². The van der Waals surface area contributed by atoms with E-state index in [1.807, 2.05) is 28.4 Å². The van der Waals surface area contributed by atoms with Crippen molar-refractivity contribution in [2.75, 3.05) is 72.8 Å². The zero-order valence-electron chi connectivity index (χ0n) is 44.3. The van der Waals surface area contributed by atoms with Gasteiger partial charge in [-0.15, -0.1) is 3.63 Å². The van der Waals surface area contributed by atoms with E-state index in [-0.39, 0.29) is 35.0 Å². The molecular formula is C52H44Cl4F8N12O8S2. The Morgan fingerprint density at radius 2 is 0.953 bits per heavy atom. The molecule has 0 aliphatic carbocycles. The topological polar surface area (TPSA) is 232 Å². The van der Waals surface area contributed by atoms with E-state index in [9.17, 15) is 66.3 Å². The summed E-state index contributed by atoms with van der Waals surface area (Å²) in [5.74, 6) is -0.113. The highest BCUT2D eigenvalue weighted by Gasteiger charge is 2.57. The van der Waals surface area contributed by atoms with Crippen molar-refractivity contribution < 1.29 is 70.0 Å². The number of anilines is 4. The van der Waals surface area contributed by atoms with Gasteiger partial charge in [0, 0.05) is 87.3 Å². The third-order valence-electron chi connectivity index (χ3n) is 13.5. The van der Waals surface area contributed by atoms with Crippen LogP contribution in [0.4, 0.5) is 64.0 Å². The van der Waals surface area contributed by atoms with Gasteiger partial charge in [-0.3, -0.25) is 14.4 Å². The zero-order valence-corrected chi connectivity index (χ0v) is 48.9. The van der Waals surface area contributed by atoms with Crippen molar-refractivity contribution in [2.45, 2.75) is 36.9 Å². The molecule has 2 saturated heterocycles. The minimum atomic E-state index is -6.85. The lowest BCUT2D eigenvalue weighted by Crippen LogP contribution is -2.50. The predicted molar refractivity (Wildman–Crippen MR) is 303 cm³/mol. The molecule has 6 heterocycles. The monoisotopic (exact) mass is 1320 g/mol. The lowest BCUT2D eigenvalue weighted by Gasteiger charge is -2.38. The SMILES string of the molecule is CC1=C(C(=O)N2CCN(c3ccc(F)cc3)CC2)C(c2ccc(Cl)c(Cl)c2)n2nc(C(N)=O)cc2N1.O=S(=O)(OS(=O)(=O)C(F)(F)F)C(F)(F)F.[C-]#[N+]c1cc2n(n1)C(c1ccc(Cl)c(Cl)c1)C(C(=O)N1CCN(c3ccc(F)cc3)CC1)=C(C)N2. The maximum absolute atomic E-state index is 13.9.